The maximum absolute atomic E-state index is 9.20. The second-order valence-electron chi connectivity index (χ2n) is 0.903. The first kappa shape index (κ1) is 13.9. The van der Waals surface area contributed by atoms with Gasteiger partial charge in [0.05, 0.1) is 11.9 Å². The van der Waals surface area contributed by atoms with Crippen LogP contribution in [0.5, 0.6) is 0 Å². The Kier molecular flexibility index (Phi) is 6.43. The van der Waals surface area contributed by atoms with Crippen LogP contribution in [0.2, 0.25) is 0 Å². The molecule has 0 heterocycles. The van der Waals surface area contributed by atoms with Crippen molar-refractivity contribution in [2.45, 2.75) is 0 Å². The summed E-state index contributed by atoms with van der Waals surface area (Å²) < 4.78 is 53.9. The van der Waals surface area contributed by atoms with Gasteiger partial charge in [-0.2, -0.15) is 16.8 Å². The first-order chi connectivity index (χ1) is 4.56. The Morgan fingerprint density at radius 1 is 1.09 bits per heavy atom. The average molecular weight is 249 g/mol. The zero-order valence-electron chi connectivity index (χ0n) is 4.51. The van der Waals surface area contributed by atoms with Gasteiger partial charge in [-0.05, 0) is 0 Å². The van der Waals surface area contributed by atoms with Gasteiger partial charge in [0, 0.05) is 10.7 Å². The fourth-order valence-corrected chi connectivity index (χ4v) is 0. The van der Waals surface area contributed by atoms with Gasteiger partial charge >= 0.3 is 19.7 Å². The van der Waals surface area contributed by atoms with Crippen LogP contribution in [-0.2, 0) is 23.5 Å². The minimum absolute atomic E-state index is 2.94. The fourth-order valence-electron chi connectivity index (χ4n) is 0. The Morgan fingerprint density at radius 3 is 1.18 bits per heavy atom. The summed E-state index contributed by atoms with van der Waals surface area (Å²) >= 11 is 4.14. The summed E-state index contributed by atoms with van der Waals surface area (Å²) in [5.74, 6) is 0. The smallest absolute Gasteiger partial charge is 0.273 e. The molecule has 0 aromatic rings. The van der Waals surface area contributed by atoms with Crippen LogP contribution in [0.1, 0.15) is 0 Å². The second kappa shape index (κ2) is 5.09. The summed E-state index contributed by atoms with van der Waals surface area (Å²) in [6.07, 6.45) is 0. The number of halogens is 2. The molecule has 0 bridgehead atoms. The van der Waals surface area contributed by atoms with E-state index in [9.17, 15) is 8.42 Å². The summed E-state index contributed by atoms with van der Waals surface area (Å²) in [6.45, 7) is 0. The Morgan fingerprint density at radius 2 is 1.18 bits per heavy atom. The number of rotatable bonds is 1. The molecule has 7 nitrogen and oxygen atoms in total. The number of hydrogen-bond acceptors (Lipinski definition) is 5. The fraction of sp³-hybridized carbons (Fsp3) is 0. The van der Waals surface area contributed by atoms with Crippen molar-refractivity contribution < 1.29 is 29.7 Å². The predicted molar refractivity (Wildman–Crippen MR) is 35.9 cm³/mol. The Balaban J connectivity index is 0. The van der Waals surface area contributed by atoms with Gasteiger partial charge in [0.1, 0.15) is 0 Å². The monoisotopic (exact) mass is 248 g/mol. The van der Waals surface area contributed by atoms with Crippen LogP contribution in [0, 0.1) is 0 Å². The molecule has 0 aliphatic heterocycles. The van der Waals surface area contributed by atoms with E-state index in [-0.39, 0.29) is 0 Å². The van der Waals surface area contributed by atoms with Gasteiger partial charge in [-0.1, -0.05) is 0 Å². The molecule has 0 unspecified atom stereocenters. The van der Waals surface area contributed by atoms with Crippen LogP contribution in [-0.4, -0.2) is 25.9 Å². The zero-order chi connectivity index (χ0) is 9.71. The SMILES string of the molecule is O=S(=O)(O)Cl.O=S(=O)(O)OCl. The van der Waals surface area contributed by atoms with Crippen molar-refractivity contribution in [2.75, 3.05) is 0 Å². The van der Waals surface area contributed by atoms with Crippen LogP contribution in [0.15, 0.2) is 0 Å². The van der Waals surface area contributed by atoms with Crippen molar-refractivity contribution in [3.8, 4) is 0 Å². The highest BCUT2D eigenvalue weighted by Gasteiger charge is 1.97. The normalized spacial score (nSPS) is 11.6. The summed E-state index contributed by atoms with van der Waals surface area (Å²) in [5.41, 5.74) is 0. The Bertz CT molecular complexity index is 262. The van der Waals surface area contributed by atoms with Gasteiger partial charge in [0.15, 0.2) is 0 Å². The lowest BCUT2D eigenvalue weighted by molar-refractivity contribution is 0.400. The summed E-state index contributed by atoms with van der Waals surface area (Å²) in [5, 5.41) is 0. The summed E-state index contributed by atoms with van der Waals surface area (Å²) in [6, 6.07) is 0. The molecule has 0 radical (unpaired) electrons. The van der Waals surface area contributed by atoms with E-state index >= 15 is 0 Å². The van der Waals surface area contributed by atoms with E-state index < -0.39 is 19.7 Å². The molecule has 0 aromatic heterocycles. The third kappa shape index (κ3) is 64.1. The minimum Gasteiger partial charge on any atom is -0.273 e. The molecule has 0 spiro atoms. The molecule has 0 saturated carbocycles. The van der Waals surface area contributed by atoms with Crippen molar-refractivity contribution in [3.63, 3.8) is 0 Å². The van der Waals surface area contributed by atoms with Crippen molar-refractivity contribution in [1.29, 1.82) is 0 Å². The van der Waals surface area contributed by atoms with E-state index in [1.807, 2.05) is 0 Å². The molecule has 2 N–H and O–H groups in total. The van der Waals surface area contributed by atoms with Gasteiger partial charge in [-0.3, -0.25) is 9.11 Å². The van der Waals surface area contributed by atoms with Gasteiger partial charge in [-0.15, -0.1) is 3.74 Å². The lowest BCUT2D eigenvalue weighted by atomic mass is 15.8. The maximum Gasteiger partial charge on any atom is 0.413 e. The van der Waals surface area contributed by atoms with Crippen molar-refractivity contribution in [3.05, 3.63) is 0 Å². The first-order valence-electron chi connectivity index (χ1n) is 1.51. The molecule has 70 valence electrons. The maximum atomic E-state index is 9.20. The van der Waals surface area contributed by atoms with Crippen molar-refractivity contribution >= 4 is 42.3 Å². The molecule has 0 rings (SSSR count). The van der Waals surface area contributed by atoms with E-state index in [1.165, 1.54) is 0 Å². The van der Waals surface area contributed by atoms with Gasteiger partial charge in [0.25, 0.3) is 0 Å². The standard InChI is InChI=1S/ClHO4S.ClHO3S/c1-5-6(2,3)4;1-5(2,3)4/h(H,2,3,4);(H,2,3,4). The first-order valence-corrected chi connectivity index (χ1v) is 5.45. The highest BCUT2D eigenvalue weighted by Crippen LogP contribution is 1.86. The molecule has 0 aliphatic rings. The Hall–Kier alpha value is 0.360. The average Bonchev–Trinajstić information content (AvgIpc) is 1.59. The molecule has 11 heteroatoms. The van der Waals surface area contributed by atoms with E-state index in [4.69, 9.17) is 17.5 Å². The molecule has 0 aromatic carbocycles. The van der Waals surface area contributed by atoms with E-state index in [0.29, 0.717) is 0 Å². The van der Waals surface area contributed by atoms with Crippen LogP contribution < -0.4 is 0 Å². The van der Waals surface area contributed by atoms with Gasteiger partial charge in [0.2, 0.25) is 0 Å². The predicted octanol–water partition coefficient (Wildman–Crippen LogP) is -0.0124. The highest BCUT2D eigenvalue weighted by atomic mass is 35.7. The largest absolute Gasteiger partial charge is 0.413 e. The van der Waals surface area contributed by atoms with Crippen LogP contribution in [0.25, 0.3) is 0 Å². The molecular formula is H2Cl2O7S2. The van der Waals surface area contributed by atoms with E-state index in [0.717, 1.165) is 0 Å². The molecule has 11 heavy (non-hydrogen) atoms. The molecular weight excluding hydrogens is 247 g/mol. The molecule has 0 aliphatic carbocycles. The summed E-state index contributed by atoms with van der Waals surface area (Å²) in [4.78, 5) is 0. The van der Waals surface area contributed by atoms with Crippen LogP contribution in [0.3, 0.4) is 0 Å². The van der Waals surface area contributed by atoms with Gasteiger partial charge in [-0.25, -0.2) is 0 Å². The molecule has 0 atom stereocenters. The molecule has 0 amide bonds. The molecule has 0 fully saturated rings. The number of hydrogen-bond donors (Lipinski definition) is 2. The lowest BCUT2D eigenvalue weighted by Gasteiger charge is -1.77. The third-order valence-electron chi connectivity index (χ3n) is 0.0796. The lowest BCUT2D eigenvalue weighted by Crippen LogP contribution is -1.92. The van der Waals surface area contributed by atoms with Crippen LogP contribution in [0.4, 0.5) is 0 Å². The second-order valence-corrected chi connectivity index (χ2v) is 4.26. The minimum atomic E-state index is -4.40. The summed E-state index contributed by atoms with van der Waals surface area (Å²) in [7, 11) is -4.53. The zero-order valence-corrected chi connectivity index (χ0v) is 7.65. The van der Waals surface area contributed by atoms with Crippen molar-refractivity contribution in [2.24, 2.45) is 0 Å². The highest BCUT2D eigenvalue weighted by molar-refractivity contribution is 8.09. The third-order valence-corrected chi connectivity index (χ3v) is 0.716. The van der Waals surface area contributed by atoms with Crippen molar-refractivity contribution in [1.82, 2.24) is 0 Å². The topological polar surface area (TPSA) is 118 Å². The van der Waals surface area contributed by atoms with E-state index in [1.54, 1.807) is 0 Å². The quantitative estimate of drug-likeness (QED) is 0.495. The van der Waals surface area contributed by atoms with Crippen LogP contribution >= 0.6 is 22.5 Å². The molecule has 0 saturated heterocycles. The van der Waals surface area contributed by atoms with E-state index in [2.05, 4.69) is 26.3 Å². The van der Waals surface area contributed by atoms with Gasteiger partial charge < -0.3 is 0 Å². The Labute approximate surface area is 72.2 Å².